The van der Waals surface area contributed by atoms with Crippen molar-refractivity contribution in [2.75, 3.05) is 19.8 Å². The minimum absolute atomic E-state index is 0.0230. The Morgan fingerprint density at radius 3 is 2.96 bits per heavy atom. The lowest BCUT2D eigenvalue weighted by Gasteiger charge is -2.32. The standard InChI is InChI=1S/C17H18FN3O5/c1-10-2-3-11(8-12(10)18)16-19-14(26-20-16)4-5-15(22)21-6-7-25-9-13(21)17(23)24/h2-3,8,13H,4-7,9H2,1H3,(H,23,24)/t13-/m0/s1. The molecule has 0 bridgehead atoms. The van der Waals surface area contributed by atoms with Gasteiger partial charge < -0.3 is 19.3 Å². The van der Waals surface area contributed by atoms with Gasteiger partial charge >= 0.3 is 5.97 Å². The third-order valence-electron chi connectivity index (χ3n) is 4.18. The average molecular weight is 363 g/mol. The first kappa shape index (κ1) is 18.0. The maximum absolute atomic E-state index is 13.6. The van der Waals surface area contributed by atoms with Crippen LogP contribution < -0.4 is 0 Å². The van der Waals surface area contributed by atoms with Crippen molar-refractivity contribution in [2.24, 2.45) is 0 Å². The first-order chi connectivity index (χ1) is 12.5. The lowest BCUT2D eigenvalue weighted by atomic mass is 10.1. The Kier molecular flexibility index (Phi) is 5.27. The molecular formula is C17H18FN3O5. The number of hydrogen-bond donors (Lipinski definition) is 1. The molecule has 2 heterocycles. The molecule has 1 aliphatic heterocycles. The van der Waals surface area contributed by atoms with Crippen molar-refractivity contribution in [2.45, 2.75) is 25.8 Å². The summed E-state index contributed by atoms with van der Waals surface area (Å²) in [7, 11) is 0. The number of hydrogen-bond acceptors (Lipinski definition) is 6. The van der Waals surface area contributed by atoms with Gasteiger partial charge in [-0.05, 0) is 18.6 Å². The molecule has 0 spiro atoms. The zero-order valence-electron chi connectivity index (χ0n) is 14.1. The quantitative estimate of drug-likeness (QED) is 0.856. The molecule has 1 aromatic carbocycles. The highest BCUT2D eigenvalue weighted by Crippen LogP contribution is 2.19. The van der Waals surface area contributed by atoms with E-state index in [0.29, 0.717) is 17.7 Å². The Balaban J connectivity index is 1.63. The highest BCUT2D eigenvalue weighted by Gasteiger charge is 2.32. The normalized spacial score (nSPS) is 17.3. The van der Waals surface area contributed by atoms with Crippen molar-refractivity contribution in [1.82, 2.24) is 15.0 Å². The van der Waals surface area contributed by atoms with Crippen molar-refractivity contribution in [3.05, 3.63) is 35.5 Å². The van der Waals surface area contributed by atoms with Gasteiger partial charge in [-0.25, -0.2) is 9.18 Å². The predicted octanol–water partition coefficient (Wildman–Crippen LogP) is 1.43. The molecule has 1 atom stereocenters. The van der Waals surface area contributed by atoms with Crippen LogP contribution in [0.4, 0.5) is 4.39 Å². The van der Waals surface area contributed by atoms with E-state index in [9.17, 15) is 14.0 Å². The largest absolute Gasteiger partial charge is 0.480 e. The first-order valence-corrected chi connectivity index (χ1v) is 8.15. The number of carboxylic acid groups (broad SMARTS) is 1. The fourth-order valence-corrected chi connectivity index (χ4v) is 2.67. The number of rotatable bonds is 5. The lowest BCUT2D eigenvalue weighted by molar-refractivity contribution is -0.158. The molecular weight excluding hydrogens is 345 g/mol. The van der Waals surface area contributed by atoms with E-state index in [1.54, 1.807) is 19.1 Å². The number of nitrogens with zero attached hydrogens (tertiary/aromatic N) is 3. The summed E-state index contributed by atoms with van der Waals surface area (Å²) in [5.74, 6) is -1.31. The summed E-state index contributed by atoms with van der Waals surface area (Å²) in [6.45, 7) is 2.17. The molecule has 0 aliphatic carbocycles. The summed E-state index contributed by atoms with van der Waals surface area (Å²) in [4.78, 5) is 29.0. The Hall–Kier alpha value is -2.81. The third-order valence-corrected chi connectivity index (χ3v) is 4.18. The van der Waals surface area contributed by atoms with E-state index in [0.717, 1.165) is 0 Å². The van der Waals surface area contributed by atoms with Crippen LogP contribution in [0.5, 0.6) is 0 Å². The van der Waals surface area contributed by atoms with E-state index in [1.165, 1.54) is 11.0 Å². The van der Waals surface area contributed by atoms with Crippen molar-refractivity contribution in [1.29, 1.82) is 0 Å². The summed E-state index contributed by atoms with van der Waals surface area (Å²) in [5.41, 5.74) is 0.995. The van der Waals surface area contributed by atoms with Gasteiger partial charge in [0, 0.05) is 24.9 Å². The van der Waals surface area contributed by atoms with Crippen LogP contribution >= 0.6 is 0 Å². The molecule has 1 aromatic heterocycles. The highest BCUT2D eigenvalue weighted by molar-refractivity contribution is 5.84. The second-order valence-electron chi connectivity index (χ2n) is 5.99. The highest BCUT2D eigenvalue weighted by atomic mass is 19.1. The number of ether oxygens (including phenoxy) is 1. The second kappa shape index (κ2) is 7.61. The third kappa shape index (κ3) is 3.88. The van der Waals surface area contributed by atoms with Gasteiger partial charge in [-0.15, -0.1) is 0 Å². The minimum atomic E-state index is -1.10. The number of morpholine rings is 1. The Labute approximate surface area is 148 Å². The van der Waals surface area contributed by atoms with Crippen LogP contribution in [0.15, 0.2) is 22.7 Å². The van der Waals surface area contributed by atoms with Gasteiger partial charge in [0.1, 0.15) is 5.82 Å². The molecule has 1 saturated heterocycles. The van der Waals surface area contributed by atoms with Crippen molar-refractivity contribution < 1.29 is 28.3 Å². The Morgan fingerprint density at radius 2 is 2.23 bits per heavy atom. The molecule has 0 unspecified atom stereocenters. The lowest BCUT2D eigenvalue weighted by Crippen LogP contribution is -2.52. The fraction of sp³-hybridized carbons (Fsp3) is 0.412. The molecule has 26 heavy (non-hydrogen) atoms. The van der Waals surface area contributed by atoms with E-state index in [1.807, 2.05) is 0 Å². The van der Waals surface area contributed by atoms with Gasteiger partial charge in [0.25, 0.3) is 0 Å². The summed E-state index contributed by atoms with van der Waals surface area (Å²) >= 11 is 0. The predicted molar refractivity (Wildman–Crippen MR) is 86.7 cm³/mol. The minimum Gasteiger partial charge on any atom is -0.480 e. The van der Waals surface area contributed by atoms with Gasteiger partial charge in [-0.2, -0.15) is 4.98 Å². The summed E-state index contributed by atoms with van der Waals surface area (Å²) in [6.07, 6.45) is 0.206. The van der Waals surface area contributed by atoms with Gasteiger partial charge in [-0.3, -0.25) is 4.79 Å². The SMILES string of the molecule is Cc1ccc(-c2noc(CCC(=O)N3CCOC[C@H]3C(=O)O)n2)cc1F. The van der Waals surface area contributed by atoms with Gasteiger partial charge in [0.2, 0.25) is 17.6 Å². The van der Waals surface area contributed by atoms with E-state index in [-0.39, 0.29) is 49.4 Å². The molecule has 1 fully saturated rings. The number of carbonyl (C=O) groups is 2. The zero-order chi connectivity index (χ0) is 18.7. The number of carbonyl (C=O) groups excluding carboxylic acids is 1. The topological polar surface area (TPSA) is 106 Å². The summed E-state index contributed by atoms with van der Waals surface area (Å²) in [5, 5.41) is 13.0. The number of carboxylic acids is 1. The maximum Gasteiger partial charge on any atom is 0.328 e. The Morgan fingerprint density at radius 1 is 1.42 bits per heavy atom. The number of aromatic nitrogens is 2. The maximum atomic E-state index is 13.6. The molecule has 2 aromatic rings. The van der Waals surface area contributed by atoms with Crippen LogP contribution in [-0.2, 0) is 20.7 Å². The van der Waals surface area contributed by atoms with Crippen LogP contribution in [0.3, 0.4) is 0 Å². The number of amides is 1. The van der Waals surface area contributed by atoms with Crippen LogP contribution in [0, 0.1) is 12.7 Å². The zero-order valence-corrected chi connectivity index (χ0v) is 14.1. The molecule has 1 aliphatic rings. The van der Waals surface area contributed by atoms with E-state index < -0.39 is 12.0 Å². The van der Waals surface area contributed by atoms with Crippen LogP contribution in [0.1, 0.15) is 17.9 Å². The molecule has 0 radical (unpaired) electrons. The summed E-state index contributed by atoms with van der Waals surface area (Å²) < 4.78 is 23.9. The van der Waals surface area contributed by atoms with Crippen LogP contribution in [-0.4, -0.2) is 57.8 Å². The van der Waals surface area contributed by atoms with E-state index in [4.69, 9.17) is 14.4 Å². The molecule has 138 valence electrons. The van der Waals surface area contributed by atoms with Gasteiger partial charge in [0.05, 0.1) is 13.2 Å². The Bertz CT molecular complexity index is 822. The van der Waals surface area contributed by atoms with Crippen molar-refractivity contribution in [3.8, 4) is 11.4 Å². The van der Waals surface area contributed by atoms with E-state index in [2.05, 4.69) is 10.1 Å². The first-order valence-electron chi connectivity index (χ1n) is 8.15. The van der Waals surface area contributed by atoms with Crippen LogP contribution in [0.2, 0.25) is 0 Å². The molecule has 8 nitrogen and oxygen atoms in total. The molecule has 9 heteroatoms. The van der Waals surface area contributed by atoms with Gasteiger partial charge in [0.15, 0.2) is 6.04 Å². The number of halogens is 1. The average Bonchev–Trinajstić information content (AvgIpc) is 3.11. The van der Waals surface area contributed by atoms with Crippen LogP contribution in [0.25, 0.3) is 11.4 Å². The fourth-order valence-electron chi connectivity index (χ4n) is 2.67. The van der Waals surface area contributed by atoms with Gasteiger partial charge in [-0.1, -0.05) is 17.3 Å². The number of aliphatic carboxylic acids is 1. The molecule has 0 saturated carbocycles. The number of benzene rings is 1. The van der Waals surface area contributed by atoms with Crippen molar-refractivity contribution in [3.63, 3.8) is 0 Å². The van der Waals surface area contributed by atoms with E-state index >= 15 is 0 Å². The smallest absolute Gasteiger partial charge is 0.328 e. The molecule has 3 rings (SSSR count). The molecule has 1 N–H and O–H groups in total. The van der Waals surface area contributed by atoms with Crippen molar-refractivity contribution >= 4 is 11.9 Å². The second-order valence-corrected chi connectivity index (χ2v) is 5.99. The summed E-state index contributed by atoms with van der Waals surface area (Å²) in [6, 6.07) is 3.64. The molecule has 1 amide bonds. The number of aryl methyl sites for hydroxylation is 2. The monoisotopic (exact) mass is 363 g/mol.